The second-order valence-corrected chi connectivity index (χ2v) is 10.5. The molecule has 2 nitrogen and oxygen atoms in total. The van der Waals surface area contributed by atoms with Gasteiger partial charge < -0.3 is 0 Å². The lowest BCUT2D eigenvalue weighted by atomic mass is 9.85. The molecule has 2 atom stereocenters. The molecule has 2 aliphatic rings. The number of nitrogens with zero attached hydrogens (tertiary/aromatic N) is 1. The van der Waals surface area contributed by atoms with Crippen molar-refractivity contribution < 1.29 is 0 Å². The van der Waals surface area contributed by atoms with E-state index in [1.54, 1.807) is 0 Å². The third-order valence-electron chi connectivity index (χ3n) is 8.36. The molecule has 1 fully saturated rings. The summed E-state index contributed by atoms with van der Waals surface area (Å²) in [6, 6.07) is 33.0. The van der Waals surface area contributed by atoms with Crippen LogP contribution in [0.2, 0.25) is 0 Å². The minimum Gasteiger partial charge on any atom is -0.278 e. The van der Waals surface area contributed by atoms with Crippen molar-refractivity contribution in [1.29, 1.82) is 0 Å². The second-order valence-electron chi connectivity index (χ2n) is 10.5. The first-order valence-electron chi connectivity index (χ1n) is 13.4. The molecule has 8 rings (SSSR count). The van der Waals surface area contributed by atoms with Crippen LogP contribution in [0, 0.1) is 17.8 Å². The molecule has 2 aliphatic carbocycles. The number of aromatic nitrogens is 2. The summed E-state index contributed by atoms with van der Waals surface area (Å²) >= 11 is 0. The second kappa shape index (κ2) is 8.43. The van der Waals surface area contributed by atoms with E-state index >= 15 is 0 Å². The lowest BCUT2D eigenvalue weighted by Gasteiger charge is -2.17. The zero-order valence-corrected chi connectivity index (χ0v) is 20.9. The number of benzene rings is 5. The van der Waals surface area contributed by atoms with Gasteiger partial charge in [0.05, 0.1) is 11.9 Å². The van der Waals surface area contributed by atoms with E-state index in [1.807, 2.05) is 6.20 Å². The number of hydrogen-bond donors (Lipinski definition) is 1. The quantitative estimate of drug-likeness (QED) is 0.247. The van der Waals surface area contributed by atoms with E-state index in [4.69, 9.17) is 0 Å². The van der Waals surface area contributed by atoms with Gasteiger partial charge in [0, 0.05) is 11.1 Å². The zero-order chi connectivity index (χ0) is 25.1. The fraction of sp³-hybridized carbons (Fsp3) is 0.0833. The molecular weight excluding hydrogens is 460 g/mol. The van der Waals surface area contributed by atoms with E-state index in [1.165, 1.54) is 49.0 Å². The summed E-state index contributed by atoms with van der Waals surface area (Å²) in [5, 5.41) is 15.3. The number of fused-ring (bicyclic) bond motifs is 4. The maximum atomic E-state index is 4.51. The number of nitrogens with one attached hydrogen (secondary N) is 1. The molecule has 2 heteroatoms. The minimum absolute atomic E-state index is 0.574. The molecule has 5 aromatic carbocycles. The maximum Gasteiger partial charge on any atom is 0.0653 e. The molecule has 6 aromatic rings. The average molecular weight is 487 g/mol. The zero-order valence-electron chi connectivity index (χ0n) is 20.9. The van der Waals surface area contributed by atoms with Crippen LogP contribution in [-0.4, -0.2) is 10.2 Å². The van der Waals surface area contributed by atoms with E-state index in [0.29, 0.717) is 17.8 Å². The SMILES string of the molecule is C1=CC2C(C=C1)C2/C=C\c1[nH]ncc1-c1c2ccccc2c(-c2ccc3ccccc3c2)c2ccccc12. The van der Waals surface area contributed by atoms with Gasteiger partial charge in [-0.15, -0.1) is 0 Å². The Labute approximate surface area is 221 Å². The van der Waals surface area contributed by atoms with E-state index in [9.17, 15) is 0 Å². The van der Waals surface area contributed by atoms with Crippen LogP contribution in [0.1, 0.15) is 5.69 Å². The fourth-order valence-electron chi connectivity index (χ4n) is 6.44. The number of aromatic amines is 1. The first-order valence-corrected chi connectivity index (χ1v) is 13.4. The average Bonchev–Trinajstić information content (AvgIpc) is 3.49. The highest BCUT2D eigenvalue weighted by Crippen LogP contribution is 2.51. The van der Waals surface area contributed by atoms with Crippen molar-refractivity contribution in [3.63, 3.8) is 0 Å². The van der Waals surface area contributed by atoms with E-state index in [2.05, 4.69) is 138 Å². The van der Waals surface area contributed by atoms with Gasteiger partial charge in [-0.2, -0.15) is 5.10 Å². The Bertz CT molecular complexity index is 1880. The summed E-state index contributed by atoms with van der Waals surface area (Å²) in [6.45, 7) is 0. The molecule has 0 bridgehead atoms. The van der Waals surface area contributed by atoms with Gasteiger partial charge in [0.2, 0.25) is 0 Å². The van der Waals surface area contributed by atoms with Crippen molar-refractivity contribution >= 4 is 38.4 Å². The van der Waals surface area contributed by atoms with Crippen molar-refractivity contribution in [2.45, 2.75) is 0 Å². The van der Waals surface area contributed by atoms with Crippen LogP contribution in [0.3, 0.4) is 0 Å². The molecule has 0 aliphatic heterocycles. The first kappa shape index (κ1) is 21.4. The monoisotopic (exact) mass is 486 g/mol. The van der Waals surface area contributed by atoms with Crippen molar-refractivity contribution in [2.24, 2.45) is 17.8 Å². The molecule has 0 spiro atoms. The van der Waals surface area contributed by atoms with Crippen LogP contribution in [-0.2, 0) is 0 Å². The van der Waals surface area contributed by atoms with Crippen molar-refractivity contribution in [3.05, 3.63) is 133 Å². The highest BCUT2D eigenvalue weighted by atomic mass is 15.1. The standard InChI is InChI=1S/C36H26N2/c1-2-10-24-21-25(18-17-23(24)9-1)35-29-13-5-7-15-31(29)36(32-16-8-6-14-30(32)35)33-22-37-38-34(33)20-19-28-26-11-3-4-12-27(26)28/h1-22,26-28H,(H,37,38)/b20-19-. The van der Waals surface area contributed by atoms with Crippen LogP contribution in [0.15, 0.2) is 128 Å². The molecule has 1 heterocycles. The molecule has 2 unspecified atom stereocenters. The van der Waals surface area contributed by atoms with Gasteiger partial charge in [0.15, 0.2) is 0 Å². The Kier molecular flexibility index (Phi) is 4.75. The van der Waals surface area contributed by atoms with Crippen molar-refractivity contribution in [3.8, 4) is 22.3 Å². The van der Waals surface area contributed by atoms with Gasteiger partial charge in [-0.05, 0) is 73.3 Å². The minimum atomic E-state index is 0.574. The smallest absolute Gasteiger partial charge is 0.0653 e. The Morgan fingerprint density at radius 3 is 1.92 bits per heavy atom. The lowest BCUT2D eigenvalue weighted by Crippen LogP contribution is -1.91. The molecule has 1 aromatic heterocycles. The third kappa shape index (κ3) is 3.30. The number of allylic oxidation sites excluding steroid dienone is 5. The lowest BCUT2D eigenvalue weighted by molar-refractivity contribution is 0.981. The summed E-state index contributed by atoms with van der Waals surface area (Å²) in [5.41, 5.74) is 5.98. The van der Waals surface area contributed by atoms with Crippen molar-refractivity contribution in [2.75, 3.05) is 0 Å². The molecular formula is C36H26N2. The summed E-state index contributed by atoms with van der Waals surface area (Å²) in [5.74, 6) is 1.86. The topological polar surface area (TPSA) is 28.7 Å². The van der Waals surface area contributed by atoms with Gasteiger partial charge in [-0.1, -0.05) is 115 Å². The van der Waals surface area contributed by atoms with Crippen LogP contribution < -0.4 is 0 Å². The predicted octanol–water partition coefficient (Wildman–Crippen LogP) is 9.20. The summed E-state index contributed by atoms with van der Waals surface area (Å²) in [7, 11) is 0. The maximum absolute atomic E-state index is 4.51. The van der Waals surface area contributed by atoms with E-state index in [-0.39, 0.29) is 0 Å². The van der Waals surface area contributed by atoms with E-state index in [0.717, 1.165) is 11.3 Å². The van der Waals surface area contributed by atoms with Crippen LogP contribution in [0.4, 0.5) is 0 Å². The van der Waals surface area contributed by atoms with Crippen LogP contribution in [0.5, 0.6) is 0 Å². The predicted molar refractivity (Wildman–Crippen MR) is 160 cm³/mol. The van der Waals surface area contributed by atoms with Crippen LogP contribution >= 0.6 is 0 Å². The third-order valence-corrected chi connectivity index (χ3v) is 8.36. The highest BCUT2D eigenvalue weighted by molar-refractivity contribution is 6.22. The number of hydrogen-bond acceptors (Lipinski definition) is 1. The first-order chi connectivity index (χ1) is 18.9. The molecule has 1 N–H and O–H groups in total. The van der Waals surface area contributed by atoms with Gasteiger partial charge in [-0.25, -0.2) is 0 Å². The molecule has 0 radical (unpaired) electrons. The Morgan fingerprint density at radius 1 is 0.632 bits per heavy atom. The largest absolute Gasteiger partial charge is 0.278 e. The van der Waals surface area contributed by atoms with Gasteiger partial charge in [0.1, 0.15) is 0 Å². The number of rotatable bonds is 4. The Hall–Kier alpha value is -4.69. The Balaban J connectivity index is 1.35. The molecule has 38 heavy (non-hydrogen) atoms. The molecule has 0 saturated heterocycles. The summed E-state index contributed by atoms with van der Waals surface area (Å²) in [6.07, 6.45) is 15.6. The van der Waals surface area contributed by atoms with Crippen LogP contribution in [0.25, 0.3) is 60.6 Å². The number of H-pyrrole nitrogens is 1. The van der Waals surface area contributed by atoms with Crippen molar-refractivity contribution in [1.82, 2.24) is 10.2 Å². The van der Waals surface area contributed by atoms with Gasteiger partial charge in [0.25, 0.3) is 0 Å². The Morgan fingerprint density at radius 2 is 1.24 bits per heavy atom. The van der Waals surface area contributed by atoms with Gasteiger partial charge >= 0.3 is 0 Å². The normalized spacial score (nSPS) is 20.1. The molecule has 0 amide bonds. The molecule has 180 valence electrons. The van der Waals surface area contributed by atoms with E-state index < -0.39 is 0 Å². The molecule has 1 saturated carbocycles. The fourth-order valence-corrected chi connectivity index (χ4v) is 6.44. The highest BCUT2D eigenvalue weighted by Gasteiger charge is 2.45. The van der Waals surface area contributed by atoms with Gasteiger partial charge in [-0.3, -0.25) is 5.10 Å². The summed E-state index contributed by atoms with van der Waals surface area (Å²) < 4.78 is 0. The summed E-state index contributed by atoms with van der Waals surface area (Å²) in [4.78, 5) is 0.